The summed E-state index contributed by atoms with van der Waals surface area (Å²) >= 11 is 0. The molecule has 0 spiro atoms. The number of aliphatic hydroxyl groups excluding tert-OH is 2. The van der Waals surface area contributed by atoms with Gasteiger partial charge in [-0.3, -0.25) is 0 Å². The van der Waals surface area contributed by atoms with Crippen LogP contribution in [0.1, 0.15) is 33.6 Å². The molecule has 1 aliphatic rings. The molecule has 1 aliphatic heterocycles. The fourth-order valence-electron chi connectivity index (χ4n) is 1.11. The lowest BCUT2D eigenvalue weighted by molar-refractivity contribution is 0.142. The number of hydrogen-bond donors (Lipinski definition) is 4. The van der Waals surface area contributed by atoms with E-state index < -0.39 is 0 Å². The van der Waals surface area contributed by atoms with Crippen molar-refractivity contribution in [2.75, 3.05) is 19.7 Å². The van der Waals surface area contributed by atoms with Crippen molar-refractivity contribution in [2.24, 2.45) is 11.1 Å². The molecule has 0 aromatic rings. The molecule has 0 saturated carbocycles. The van der Waals surface area contributed by atoms with Gasteiger partial charge in [0.2, 0.25) is 0 Å². The first-order valence-electron chi connectivity index (χ1n) is 5.63. The first kappa shape index (κ1) is 18.5. The topological polar surface area (TPSA) is 78.5 Å². The van der Waals surface area contributed by atoms with E-state index in [1.165, 1.54) is 0 Å². The average Bonchev–Trinajstić information content (AvgIpc) is 2.17. The molecule has 0 aliphatic carbocycles. The predicted molar refractivity (Wildman–Crippen MR) is 69.9 cm³/mol. The fraction of sp³-hybridized carbons (Fsp3) is 1.00. The van der Waals surface area contributed by atoms with Crippen molar-refractivity contribution >= 4 is 12.4 Å². The lowest BCUT2D eigenvalue weighted by atomic mass is 9.88. The summed E-state index contributed by atoms with van der Waals surface area (Å²) in [7, 11) is 0. The van der Waals surface area contributed by atoms with Crippen LogP contribution in [0.3, 0.4) is 0 Å². The summed E-state index contributed by atoms with van der Waals surface area (Å²) in [5.41, 5.74) is 5.54. The zero-order valence-corrected chi connectivity index (χ0v) is 11.4. The Labute approximate surface area is 105 Å². The number of aliphatic hydroxyl groups is 2. The van der Waals surface area contributed by atoms with Crippen LogP contribution in [0.5, 0.6) is 0 Å². The summed E-state index contributed by atoms with van der Waals surface area (Å²) in [4.78, 5) is 0. The Kier molecular flexibility index (Phi) is 10.6. The molecule has 1 fully saturated rings. The van der Waals surface area contributed by atoms with Crippen LogP contribution < -0.4 is 11.1 Å². The normalized spacial score (nSPS) is 22.5. The van der Waals surface area contributed by atoms with Crippen molar-refractivity contribution < 1.29 is 10.2 Å². The minimum atomic E-state index is -0.0949. The largest absolute Gasteiger partial charge is 0.395 e. The van der Waals surface area contributed by atoms with E-state index in [2.05, 4.69) is 5.32 Å². The summed E-state index contributed by atoms with van der Waals surface area (Å²) < 4.78 is 0. The average molecular weight is 255 g/mol. The third-order valence-electron chi connectivity index (χ3n) is 2.58. The van der Waals surface area contributed by atoms with E-state index in [1.54, 1.807) is 0 Å². The Morgan fingerprint density at radius 3 is 2.12 bits per heavy atom. The van der Waals surface area contributed by atoms with Crippen LogP contribution in [0.25, 0.3) is 0 Å². The summed E-state index contributed by atoms with van der Waals surface area (Å²) in [5, 5.41) is 20.5. The number of halogens is 1. The van der Waals surface area contributed by atoms with Crippen molar-refractivity contribution in [1.29, 1.82) is 0 Å². The van der Waals surface area contributed by atoms with Crippen LogP contribution in [0.2, 0.25) is 0 Å². The van der Waals surface area contributed by atoms with E-state index >= 15 is 0 Å². The van der Waals surface area contributed by atoms with Gasteiger partial charge in [-0.25, -0.2) is 0 Å². The highest BCUT2D eigenvalue weighted by Gasteiger charge is 2.18. The van der Waals surface area contributed by atoms with Crippen LogP contribution in [-0.2, 0) is 0 Å². The molecule has 5 N–H and O–H groups in total. The van der Waals surface area contributed by atoms with Crippen LogP contribution in [0.4, 0.5) is 0 Å². The van der Waals surface area contributed by atoms with Crippen LogP contribution >= 0.6 is 12.4 Å². The number of rotatable bonds is 1. The first-order chi connectivity index (χ1) is 6.88. The van der Waals surface area contributed by atoms with Gasteiger partial charge < -0.3 is 21.3 Å². The highest BCUT2D eigenvalue weighted by Crippen LogP contribution is 2.15. The van der Waals surface area contributed by atoms with E-state index in [0.29, 0.717) is 0 Å². The Hall–Kier alpha value is 0.130. The first-order valence-corrected chi connectivity index (χ1v) is 5.63. The maximum atomic E-state index is 8.85. The maximum Gasteiger partial charge on any atom is 0.0665 e. The second-order valence-electron chi connectivity index (χ2n) is 5.16. The van der Waals surface area contributed by atoms with Crippen molar-refractivity contribution in [2.45, 2.75) is 45.8 Å². The summed E-state index contributed by atoms with van der Waals surface area (Å²) in [6.07, 6.45) is 2.03. The maximum absolute atomic E-state index is 8.85. The highest BCUT2D eigenvalue weighted by atomic mass is 35.5. The third kappa shape index (κ3) is 9.36. The highest BCUT2D eigenvalue weighted by molar-refractivity contribution is 5.85. The van der Waals surface area contributed by atoms with Gasteiger partial charge >= 0.3 is 0 Å². The number of piperidine rings is 1. The standard InChI is InChI=1S/C6H15NO.C5H11NO.ClH/c1-6(2,3)5(7)4-8;7-5-2-1-3-6-4-5;/h5,8H,4,7H2,1-3H3;5-7H,1-4H2;1H/t2*5-;/m11./s1. The number of nitrogens with two attached hydrogens (primary N) is 1. The Bertz CT molecular complexity index is 157. The molecule has 1 heterocycles. The van der Waals surface area contributed by atoms with E-state index in [4.69, 9.17) is 15.9 Å². The number of hydrogen-bond acceptors (Lipinski definition) is 4. The summed E-state index contributed by atoms with van der Waals surface area (Å²) in [6, 6.07) is -0.0949. The zero-order valence-electron chi connectivity index (χ0n) is 10.6. The van der Waals surface area contributed by atoms with Gasteiger partial charge in [0.05, 0.1) is 12.7 Å². The van der Waals surface area contributed by atoms with E-state index in [0.717, 1.165) is 25.9 Å². The quantitative estimate of drug-likeness (QED) is 0.550. The third-order valence-corrected chi connectivity index (χ3v) is 2.58. The lowest BCUT2D eigenvalue weighted by Gasteiger charge is -2.24. The second-order valence-corrected chi connectivity index (χ2v) is 5.16. The minimum Gasteiger partial charge on any atom is -0.395 e. The zero-order chi connectivity index (χ0) is 11.9. The molecule has 1 saturated heterocycles. The molecule has 0 aromatic carbocycles. The van der Waals surface area contributed by atoms with Crippen molar-refractivity contribution in [3.8, 4) is 0 Å². The molecule has 0 bridgehead atoms. The van der Waals surface area contributed by atoms with E-state index in [9.17, 15) is 0 Å². The van der Waals surface area contributed by atoms with Crippen LogP contribution in [-0.4, -0.2) is 42.1 Å². The second kappa shape index (κ2) is 9.19. The van der Waals surface area contributed by atoms with Crippen molar-refractivity contribution in [3.63, 3.8) is 0 Å². The molecule has 100 valence electrons. The monoisotopic (exact) mass is 254 g/mol. The lowest BCUT2D eigenvalue weighted by Crippen LogP contribution is -2.37. The van der Waals surface area contributed by atoms with Gasteiger partial charge in [0.1, 0.15) is 0 Å². The van der Waals surface area contributed by atoms with Gasteiger partial charge in [-0.2, -0.15) is 0 Å². The molecule has 0 radical (unpaired) electrons. The molecular formula is C11H27ClN2O2. The van der Waals surface area contributed by atoms with Gasteiger partial charge in [-0.15, -0.1) is 12.4 Å². The van der Waals surface area contributed by atoms with Crippen molar-refractivity contribution in [1.82, 2.24) is 5.32 Å². The van der Waals surface area contributed by atoms with Crippen LogP contribution in [0.15, 0.2) is 0 Å². The van der Waals surface area contributed by atoms with Gasteiger partial charge in [0, 0.05) is 12.6 Å². The number of nitrogens with one attached hydrogen (secondary N) is 1. The SMILES string of the molecule is CC(C)(C)[C@H](N)CO.Cl.O[C@@H]1CCCNC1. The van der Waals surface area contributed by atoms with Gasteiger partial charge in [-0.05, 0) is 24.8 Å². The molecule has 4 nitrogen and oxygen atoms in total. The predicted octanol–water partition coefficient (Wildman–Crippen LogP) is 0.505. The Balaban J connectivity index is 0. The Morgan fingerprint density at radius 1 is 1.44 bits per heavy atom. The molecule has 0 amide bonds. The molecule has 0 aromatic heterocycles. The fourth-order valence-corrected chi connectivity index (χ4v) is 1.11. The smallest absolute Gasteiger partial charge is 0.0665 e. The minimum absolute atomic E-state index is 0. The van der Waals surface area contributed by atoms with Crippen LogP contribution in [0, 0.1) is 5.41 Å². The van der Waals surface area contributed by atoms with E-state index in [-0.39, 0.29) is 36.6 Å². The molecule has 5 heteroatoms. The molecular weight excluding hydrogens is 228 g/mol. The molecule has 1 rings (SSSR count). The van der Waals surface area contributed by atoms with Gasteiger partial charge in [0.15, 0.2) is 0 Å². The summed E-state index contributed by atoms with van der Waals surface area (Å²) in [5.74, 6) is 0. The number of β-amino-alcohol motifs (C(OH)–C–C–N with tert-alkyl or cyclic N) is 1. The Morgan fingerprint density at radius 2 is 2.00 bits per heavy atom. The van der Waals surface area contributed by atoms with Crippen molar-refractivity contribution in [3.05, 3.63) is 0 Å². The molecule has 0 unspecified atom stereocenters. The molecule has 16 heavy (non-hydrogen) atoms. The van der Waals surface area contributed by atoms with Gasteiger partial charge in [0.25, 0.3) is 0 Å². The molecule has 2 atom stereocenters. The summed E-state index contributed by atoms with van der Waals surface area (Å²) in [6.45, 7) is 7.97. The van der Waals surface area contributed by atoms with E-state index in [1.807, 2.05) is 20.8 Å². The van der Waals surface area contributed by atoms with Gasteiger partial charge in [-0.1, -0.05) is 20.8 Å².